The van der Waals surface area contributed by atoms with Crippen LogP contribution in [0.5, 0.6) is 0 Å². The van der Waals surface area contributed by atoms with Crippen molar-refractivity contribution in [3.8, 4) is 22.6 Å². The molecule has 0 atom stereocenters. The van der Waals surface area contributed by atoms with Gasteiger partial charge in [-0.05, 0) is 24.3 Å². The summed E-state index contributed by atoms with van der Waals surface area (Å²) >= 11 is 3.49. The Kier molecular flexibility index (Phi) is 3.56. The van der Waals surface area contributed by atoms with Crippen molar-refractivity contribution in [2.75, 3.05) is 12.4 Å². The molecule has 20 heavy (non-hydrogen) atoms. The number of aromatic nitrogens is 2. The van der Waals surface area contributed by atoms with Crippen LogP contribution in [0.1, 0.15) is 0 Å². The highest BCUT2D eigenvalue weighted by Gasteiger charge is 2.06. The van der Waals surface area contributed by atoms with Crippen LogP contribution < -0.4 is 5.32 Å². The van der Waals surface area contributed by atoms with Crippen molar-refractivity contribution in [2.24, 2.45) is 0 Å². The summed E-state index contributed by atoms with van der Waals surface area (Å²) in [4.78, 5) is 7.83. The maximum Gasteiger partial charge on any atom is 0.137 e. The van der Waals surface area contributed by atoms with E-state index >= 15 is 0 Å². The van der Waals surface area contributed by atoms with E-state index in [0.29, 0.717) is 0 Å². The summed E-state index contributed by atoms with van der Waals surface area (Å²) in [5.74, 6) is 0.872. The van der Waals surface area contributed by atoms with Crippen molar-refractivity contribution in [1.82, 2.24) is 9.97 Å². The SMILES string of the molecule is CNc1cccc(-c2ncc(-c3cccc(Br)c3)[nH]2)c1. The minimum atomic E-state index is 0.872. The van der Waals surface area contributed by atoms with Gasteiger partial charge >= 0.3 is 0 Å². The number of rotatable bonds is 3. The average Bonchev–Trinajstić information content (AvgIpc) is 2.97. The van der Waals surface area contributed by atoms with Gasteiger partial charge in [0.2, 0.25) is 0 Å². The highest BCUT2D eigenvalue weighted by atomic mass is 79.9. The third-order valence-corrected chi connectivity index (χ3v) is 3.63. The Morgan fingerprint density at radius 3 is 2.65 bits per heavy atom. The average molecular weight is 328 g/mol. The molecule has 0 aliphatic rings. The summed E-state index contributed by atoms with van der Waals surface area (Å²) in [7, 11) is 1.91. The number of nitrogens with zero attached hydrogens (tertiary/aromatic N) is 1. The first-order chi connectivity index (χ1) is 9.76. The monoisotopic (exact) mass is 327 g/mol. The molecule has 1 heterocycles. The van der Waals surface area contributed by atoms with Gasteiger partial charge in [0.15, 0.2) is 0 Å². The van der Waals surface area contributed by atoms with Gasteiger partial charge in [-0.15, -0.1) is 0 Å². The normalized spacial score (nSPS) is 10.5. The second kappa shape index (κ2) is 5.51. The van der Waals surface area contributed by atoms with Gasteiger partial charge in [-0.3, -0.25) is 0 Å². The van der Waals surface area contributed by atoms with E-state index in [1.807, 2.05) is 43.6 Å². The molecule has 0 spiro atoms. The smallest absolute Gasteiger partial charge is 0.137 e. The van der Waals surface area contributed by atoms with E-state index in [1.54, 1.807) is 0 Å². The summed E-state index contributed by atoms with van der Waals surface area (Å²) in [6, 6.07) is 16.3. The minimum absolute atomic E-state index is 0.872. The fourth-order valence-electron chi connectivity index (χ4n) is 2.09. The zero-order valence-electron chi connectivity index (χ0n) is 11.0. The van der Waals surface area contributed by atoms with Crippen LogP contribution in [0.3, 0.4) is 0 Å². The highest BCUT2D eigenvalue weighted by Crippen LogP contribution is 2.25. The van der Waals surface area contributed by atoms with E-state index in [0.717, 1.165) is 32.8 Å². The number of hydrogen-bond acceptors (Lipinski definition) is 2. The molecule has 0 unspecified atom stereocenters. The predicted molar refractivity (Wildman–Crippen MR) is 86.7 cm³/mol. The van der Waals surface area contributed by atoms with E-state index in [9.17, 15) is 0 Å². The zero-order valence-corrected chi connectivity index (χ0v) is 12.6. The standard InChI is InChI=1S/C16H14BrN3/c1-18-14-7-3-5-12(9-14)16-19-10-15(20-16)11-4-2-6-13(17)8-11/h2-10,18H,1H3,(H,19,20). The van der Waals surface area contributed by atoms with Crippen molar-refractivity contribution in [1.29, 1.82) is 0 Å². The maximum absolute atomic E-state index is 4.47. The van der Waals surface area contributed by atoms with Crippen LogP contribution in [0.2, 0.25) is 0 Å². The van der Waals surface area contributed by atoms with E-state index in [4.69, 9.17) is 0 Å². The summed E-state index contributed by atoms with van der Waals surface area (Å²) in [6.07, 6.45) is 1.86. The third kappa shape index (κ3) is 2.60. The van der Waals surface area contributed by atoms with E-state index in [2.05, 4.69) is 49.4 Å². The molecule has 0 aliphatic heterocycles. The number of nitrogens with one attached hydrogen (secondary N) is 2. The Morgan fingerprint density at radius 1 is 1.05 bits per heavy atom. The molecule has 0 fully saturated rings. The van der Waals surface area contributed by atoms with E-state index in [-0.39, 0.29) is 0 Å². The lowest BCUT2D eigenvalue weighted by molar-refractivity contribution is 1.31. The van der Waals surface area contributed by atoms with Gasteiger partial charge in [-0.2, -0.15) is 0 Å². The molecule has 100 valence electrons. The summed E-state index contributed by atoms with van der Waals surface area (Å²) in [5.41, 5.74) is 4.26. The lowest BCUT2D eigenvalue weighted by atomic mass is 10.2. The number of aromatic amines is 1. The minimum Gasteiger partial charge on any atom is -0.388 e. The largest absolute Gasteiger partial charge is 0.388 e. The fraction of sp³-hybridized carbons (Fsp3) is 0.0625. The van der Waals surface area contributed by atoms with Crippen molar-refractivity contribution in [2.45, 2.75) is 0 Å². The van der Waals surface area contributed by atoms with E-state index < -0.39 is 0 Å². The molecule has 2 N–H and O–H groups in total. The Hall–Kier alpha value is -2.07. The predicted octanol–water partition coefficient (Wildman–Crippen LogP) is 4.55. The number of anilines is 1. The van der Waals surface area contributed by atoms with Crippen LogP contribution in [0.4, 0.5) is 5.69 Å². The van der Waals surface area contributed by atoms with Crippen LogP contribution in [-0.2, 0) is 0 Å². The van der Waals surface area contributed by atoms with E-state index in [1.165, 1.54) is 0 Å². The zero-order chi connectivity index (χ0) is 13.9. The second-order valence-corrected chi connectivity index (χ2v) is 5.40. The van der Waals surface area contributed by atoms with Crippen LogP contribution in [0, 0.1) is 0 Å². The Bertz CT molecular complexity index is 734. The van der Waals surface area contributed by atoms with Crippen LogP contribution in [0.25, 0.3) is 22.6 Å². The summed E-state index contributed by atoms with van der Waals surface area (Å²) in [5, 5.41) is 3.14. The molecular weight excluding hydrogens is 314 g/mol. The first kappa shape index (κ1) is 12.9. The molecule has 1 aromatic heterocycles. The molecule has 0 amide bonds. The molecule has 2 aromatic carbocycles. The molecule has 0 radical (unpaired) electrons. The maximum atomic E-state index is 4.47. The van der Waals surface area contributed by atoms with Gasteiger partial charge < -0.3 is 10.3 Å². The Morgan fingerprint density at radius 2 is 1.85 bits per heavy atom. The van der Waals surface area contributed by atoms with Crippen molar-refractivity contribution in [3.63, 3.8) is 0 Å². The van der Waals surface area contributed by atoms with Crippen LogP contribution >= 0.6 is 15.9 Å². The molecule has 3 nitrogen and oxygen atoms in total. The number of H-pyrrole nitrogens is 1. The fourth-order valence-corrected chi connectivity index (χ4v) is 2.49. The number of halogens is 1. The Labute approximate surface area is 126 Å². The molecule has 0 aliphatic carbocycles. The molecule has 3 aromatic rings. The lowest BCUT2D eigenvalue weighted by Crippen LogP contribution is -1.88. The third-order valence-electron chi connectivity index (χ3n) is 3.14. The second-order valence-electron chi connectivity index (χ2n) is 4.49. The molecule has 0 bridgehead atoms. The first-order valence-electron chi connectivity index (χ1n) is 6.35. The summed E-state index contributed by atoms with van der Waals surface area (Å²) < 4.78 is 1.06. The molecule has 3 rings (SSSR count). The first-order valence-corrected chi connectivity index (χ1v) is 7.15. The van der Waals surface area contributed by atoms with Crippen molar-refractivity contribution in [3.05, 3.63) is 59.2 Å². The van der Waals surface area contributed by atoms with Gasteiger partial charge in [0.05, 0.1) is 11.9 Å². The molecular formula is C16H14BrN3. The van der Waals surface area contributed by atoms with Crippen LogP contribution in [-0.4, -0.2) is 17.0 Å². The molecule has 0 saturated heterocycles. The number of imidazole rings is 1. The van der Waals surface area contributed by atoms with Crippen molar-refractivity contribution >= 4 is 21.6 Å². The van der Waals surface area contributed by atoms with Gasteiger partial charge in [0.25, 0.3) is 0 Å². The number of hydrogen-bond donors (Lipinski definition) is 2. The van der Waals surface area contributed by atoms with Crippen molar-refractivity contribution < 1.29 is 0 Å². The van der Waals surface area contributed by atoms with Gasteiger partial charge in [0.1, 0.15) is 5.82 Å². The topological polar surface area (TPSA) is 40.7 Å². The van der Waals surface area contributed by atoms with Gasteiger partial charge in [0, 0.05) is 28.3 Å². The van der Waals surface area contributed by atoms with Gasteiger partial charge in [-0.25, -0.2) is 4.98 Å². The molecule has 0 saturated carbocycles. The van der Waals surface area contributed by atoms with Gasteiger partial charge in [-0.1, -0.05) is 40.2 Å². The highest BCUT2D eigenvalue weighted by molar-refractivity contribution is 9.10. The molecule has 4 heteroatoms. The summed E-state index contributed by atoms with van der Waals surface area (Å²) in [6.45, 7) is 0. The van der Waals surface area contributed by atoms with Crippen LogP contribution in [0.15, 0.2) is 59.2 Å². The number of benzene rings is 2. The lowest BCUT2D eigenvalue weighted by Gasteiger charge is -2.02. The Balaban J connectivity index is 1.97. The quantitative estimate of drug-likeness (QED) is 0.741.